The number of benzene rings is 2. The number of anilines is 1. The second-order valence-corrected chi connectivity index (χ2v) is 9.36. The van der Waals surface area contributed by atoms with Gasteiger partial charge in [-0.2, -0.15) is 4.31 Å². The second kappa shape index (κ2) is 8.74. The minimum Gasteiger partial charge on any atom is -0.495 e. The van der Waals surface area contributed by atoms with Gasteiger partial charge in [0.05, 0.1) is 17.7 Å². The Hall–Kier alpha value is -2.82. The fourth-order valence-corrected chi connectivity index (χ4v) is 4.93. The van der Waals surface area contributed by atoms with Crippen molar-refractivity contribution in [2.24, 2.45) is 0 Å². The van der Waals surface area contributed by atoms with Gasteiger partial charge in [0.25, 0.3) is 5.91 Å². The lowest BCUT2D eigenvalue weighted by Gasteiger charge is -2.31. The molecule has 1 unspecified atom stereocenters. The lowest BCUT2D eigenvalue weighted by atomic mass is 10.2. The first-order valence-electron chi connectivity index (χ1n) is 9.94. The second-order valence-electron chi connectivity index (χ2n) is 7.42. The SMILES string of the molecule is COc1ccc(S(=O)(=O)N2CCN(C)CC2)cc1NC(=O)C1COc2ccccc2O1. The first-order valence-corrected chi connectivity index (χ1v) is 11.4. The van der Waals surface area contributed by atoms with Crippen LogP contribution in [-0.4, -0.2) is 76.6 Å². The highest BCUT2D eigenvalue weighted by Gasteiger charge is 2.30. The van der Waals surface area contributed by atoms with E-state index in [0.29, 0.717) is 43.4 Å². The molecule has 4 rings (SSSR count). The van der Waals surface area contributed by atoms with E-state index in [9.17, 15) is 13.2 Å². The summed E-state index contributed by atoms with van der Waals surface area (Å²) in [6.07, 6.45) is -0.877. The quantitative estimate of drug-likeness (QED) is 0.740. The van der Waals surface area contributed by atoms with E-state index in [1.165, 1.54) is 29.6 Å². The Balaban J connectivity index is 1.53. The zero-order valence-corrected chi connectivity index (χ0v) is 18.2. The Kier molecular flexibility index (Phi) is 6.03. The van der Waals surface area contributed by atoms with Crippen LogP contribution in [0.25, 0.3) is 0 Å². The van der Waals surface area contributed by atoms with Crippen LogP contribution >= 0.6 is 0 Å². The van der Waals surface area contributed by atoms with Crippen molar-refractivity contribution in [1.82, 2.24) is 9.21 Å². The molecule has 0 aromatic heterocycles. The topological polar surface area (TPSA) is 97.4 Å². The molecule has 0 aliphatic carbocycles. The van der Waals surface area contributed by atoms with Crippen LogP contribution in [0.4, 0.5) is 5.69 Å². The maximum atomic E-state index is 13.1. The van der Waals surface area contributed by atoms with E-state index in [0.717, 1.165) is 0 Å². The molecule has 0 radical (unpaired) electrons. The van der Waals surface area contributed by atoms with Gasteiger partial charge in [-0.15, -0.1) is 0 Å². The first kappa shape index (κ1) is 21.4. The number of hydrogen-bond donors (Lipinski definition) is 1. The van der Waals surface area contributed by atoms with Gasteiger partial charge in [-0.3, -0.25) is 4.79 Å². The highest BCUT2D eigenvalue weighted by molar-refractivity contribution is 7.89. The number of carbonyl (C=O) groups excluding carboxylic acids is 1. The molecule has 2 heterocycles. The molecule has 1 N–H and O–H groups in total. The maximum absolute atomic E-state index is 13.1. The molecule has 1 saturated heterocycles. The molecule has 0 bridgehead atoms. The number of rotatable bonds is 5. The van der Waals surface area contributed by atoms with Crippen molar-refractivity contribution in [3.63, 3.8) is 0 Å². The lowest BCUT2D eigenvalue weighted by Crippen LogP contribution is -2.47. The average molecular weight is 448 g/mol. The Morgan fingerprint density at radius 2 is 1.81 bits per heavy atom. The summed E-state index contributed by atoms with van der Waals surface area (Å²) in [6.45, 7) is 2.21. The Bertz CT molecular complexity index is 1070. The molecule has 2 aliphatic rings. The van der Waals surface area contributed by atoms with E-state index in [1.54, 1.807) is 18.2 Å². The molecule has 1 amide bonds. The number of para-hydroxylation sites is 2. The van der Waals surface area contributed by atoms with Crippen LogP contribution in [0, 0.1) is 0 Å². The van der Waals surface area contributed by atoms with Crippen LogP contribution in [0.5, 0.6) is 17.2 Å². The van der Waals surface area contributed by atoms with Crippen LogP contribution in [0.3, 0.4) is 0 Å². The smallest absolute Gasteiger partial charge is 0.269 e. The summed E-state index contributed by atoms with van der Waals surface area (Å²) < 4.78 is 44.3. The summed E-state index contributed by atoms with van der Waals surface area (Å²) in [5, 5.41) is 2.72. The summed E-state index contributed by atoms with van der Waals surface area (Å²) >= 11 is 0. The van der Waals surface area contributed by atoms with Gasteiger partial charge < -0.3 is 24.4 Å². The molecule has 9 nitrogen and oxygen atoms in total. The number of carbonyl (C=O) groups is 1. The van der Waals surface area contributed by atoms with Crippen LogP contribution < -0.4 is 19.5 Å². The third kappa shape index (κ3) is 4.46. The number of ether oxygens (including phenoxy) is 3. The van der Waals surface area contributed by atoms with Crippen molar-refractivity contribution >= 4 is 21.6 Å². The lowest BCUT2D eigenvalue weighted by molar-refractivity contribution is -0.125. The summed E-state index contributed by atoms with van der Waals surface area (Å²) in [4.78, 5) is 15.0. The minimum atomic E-state index is -3.69. The molecular formula is C21H25N3O6S. The summed E-state index contributed by atoms with van der Waals surface area (Å²) in [6, 6.07) is 11.5. The van der Waals surface area contributed by atoms with Gasteiger partial charge >= 0.3 is 0 Å². The van der Waals surface area contributed by atoms with E-state index in [4.69, 9.17) is 14.2 Å². The van der Waals surface area contributed by atoms with Crippen molar-refractivity contribution in [3.05, 3.63) is 42.5 Å². The van der Waals surface area contributed by atoms with Crippen molar-refractivity contribution in [1.29, 1.82) is 0 Å². The van der Waals surface area contributed by atoms with Gasteiger partial charge in [0, 0.05) is 26.2 Å². The molecule has 2 aromatic rings. The number of methoxy groups -OCH3 is 1. The highest BCUT2D eigenvalue weighted by atomic mass is 32.2. The summed E-state index contributed by atoms with van der Waals surface area (Å²) in [5.74, 6) is 0.946. The molecule has 10 heteroatoms. The molecule has 2 aromatic carbocycles. The van der Waals surface area contributed by atoms with Gasteiger partial charge in [0.2, 0.25) is 16.1 Å². The third-order valence-corrected chi connectivity index (χ3v) is 7.22. The van der Waals surface area contributed by atoms with Crippen LogP contribution in [-0.2, 0) is 14.8 Å². The van der Waals surface area contributed by atoms with Crippen LogP contribution in [0.15, 0.2) is 47.4 Å². The fraction of sp³-hybridized carbons (Fsp3) is 0.381. The normalized spacial score (nSPS) is 19.6. The van der Waals surface area contributed by atoms with E-state index < -0.39 is 22.0 Å². The Labute approximate surface area is 181 Å². The Morgan fingerprint density at radius 3 is 2.52 bits per heavy atom. The standard InChI is InChI=1S/C21H25N3O6S/c1-23-9-11-24(12-10-23)31(26,27)15-7-8-17(28-2)16(13-15)22-21(25)20-14-29-18-5-3-4-6-19(18)30-20/h3-8,13,20H,9-12,14H2,1-2H3,(H,22,25). The number of amides is 1. The molecule has 0 spiro atoms. The zero-order valence-electron chi connectivity index (χ0n) is 17.4. The van der Waals surface area contributed by atoms with Crippen molar-refractivity contribution in [2.45, 2.75) is 11.0 Å². The molecular weight excluding hydrogens is 422 g/mol. The molecule has 0 saturated carbocycles. The fourth-order valence-electron chi connectivity index (χ4n) is 3.48. The van der Waals surface area contributed by atoms with E-state index >= 15 is 0 Å². The predicted molar refractivity (Wildman–Crippen MR) is 114 cm³/mol. The number of fused-ring (bicyclic) bond motifs is 1. The summed E-state index contributed by atoms with van der Waals surface area (Å²) in [5.41, 5.74) is 0.255. The predicted octanol–water partition coefficient (Wildman–Crippen LogP) is 1.41. The van der Waals surface area contributed by atoms with Crippen molar-refractivity contribution in [2.75, 3.05) is 52.3 Å². The average Bonchev–Trinajstić information content (AvgIpc) is 2.79. The third-order valence-electron chi connectivity index (χ3n) is 5.33. The van der Waals surface area contributed by atoms with E-state index in [2.05, 4.69) is 10.2 Å². The zero-order chi connectivity index (χ0) is 22.0. The van der Waals surface area contributed by atoms with Gasteiger partial charge in [-0.25, -0.2) is 8.42 Å². The number of likely N-dealkylation sites (N-methyl/N-ethyl adjacent to an activating group) is 1. The van der Waals surface area contributed by atoms with Gasteiger partial charge in [0.15, 0.2) is 11.5 Å². The van der Waals surface area contributed by atoms with E-state index in [-0.39, 0.29) is 17.2 Å². The van der Waals surface area contributed by atoms with Crippen LogP contribution in [0.2, 0.25) is 0 Å². The van der Waals surface area contributed by atoms with Gasteiger partial charge in [0.1, 0.15) is 12.4 Å². The van der Waals surface area contributed by atoms with Crippen molar-refractivity contribution < 1.29 is 27.4 Å². The number of nitrogens with one attached hydrogen (secondary N) is 1. The highest BCUT2D eigenvalue weighted by Crippen LogP contribution is 2.33. The molecule has 166 valence electrons. The van der Waals surface area contributed by atoms with Gasteiger partial charge in [-0.1, -0.05) is 12.1 Å². The maximum Gasteiger partial charge on any atom is 0.269 e. The largest absolute Gasteiger partial charge is 0.495 e. The molecule has 1 fully saturated rings. The minimum absolute atomic E-state index is 0.0461. The van der Waals surface area contributed by atoms with Crippen LogP contribution in [0.1, 0.15) is 0 Å². The summed E-state index contributed by atoms with van der Waals surface area (Å²) in [7, 11) is -0.276. The number of piperazine rings is 1. The van der Waals surface area contributed by atoms with Crippen molar-refractivity contribution in [3.8, 4) is 17.2 Å². The monoisotopic (exact) mass is 447 g/mol. The number of nitrogens with zero attached hydrogens (tertiary/aromatic N) is 2. The molecule has 31 heavy (non-hydrogen) atoms. The number of sulfonamides is 1. The molecule has 2 aliphatic heterocycles. The van der Waals surface area contributed by atoms with E-state index in [1.807, 2.05) is 13.1 Å². The Morgan fingerprint density at radius 1 is 1.10 bits per heavy atom. The number of hydrogen-bond acceptors (Lipinski definition) is 7. The first-order chi connectivity index (χ1) is 14.9. The van der Waals surface area contributed by atoms with Gasteiger partial charge in [-0.05, 0) is 37.4 Å². The molecule has 1 atom stereocenters.